The summed E-state index contributed by atoms with van der Waals surface area (Å²) in [6.45, 7) is 6.77. The predicted molar refractivity (Wildman–Crippen MR) is 76.2 cm³/mol. The van der Waals surface area contributed by atoms with Crippen molar-refractivity contribution in [1.29, 1.82) is 0 Å². The van der Waals surface area contributed by atoms with E-state index in [9.17, 15) is 4.79 Å². The summed E-state index contributed by atoms with van der Waals surface area (Å²) < 4.78 is 7.23. The van der Waals surface area contributed by atoms with Crippen LogP contribution in [-0.2, 0) is 18.3 Å². The van der Waals surface area contributed by atoms with Crippen molar-refractivity contribution in [3.8, 4) is 0 Å². The van der Waals surface area contributed by atoms with Crippen LogP contribution in [0.25, 0.3) is 0 Å². The Hall–Kier alpha value is -1.56. The Kier molecular flexibility index (Phi) is 5.00. The third-order valence-electron chi connectivity index (χ3n) is 3.43. The van der Waals surface area contributed by atoms with Crippen molar-refractivity contribution in [2.45, 2.75) is 32.9 Å². The van der Waals surface area contributed by atoms with Crippen LogP contribution >= 0.6 is 0 Å². The lowest BCUT2D eigenvalue weighted by Gasteiger charge is -2.36. The molecule has 1 aromatic heterocycles. The minimum atomic E-state index is -0.0113. The van der Waals surface area contributed by atoms with Gasteiger partial charge in [-0.2, -0.15) is 5.10 Å². The molecule has 0 aromatic carbocycles. The standard InChI is InChI=1S/C14H24N4O2/c1-11(2)6-13-10-20-5-4-18(13)14(19)15-7-12-8-16-17(3)9-12/h8-9,11,13H,4-7,10H2,1-3H3,(H,15,19). The van der Waals surface area contributed by atoms with E-state index in [1.807, 2.05) is 18.1 Å². The minimum absolute atomic E-state index is 0.0113. The lowest BCUT2D eigenvalue weighted by atomic mass is 10.0. The fraction of sp³-hybridized carbons (Fsp3) is 0.714. The number of ether oxygens (including phenoxy) is 1. The second-order valence-corrected chi connectivity index (χ2v) is 5.73. The number of hydrogen-bond donors (Lipinski definition) is 1. The van der Waals surface area contributed by atoms with Crippen molar-refractivity contribution in [1.82, 2.24) is 20.0 Å². The molecule has 1 aliphatic rings. The van der Waals surface area contributed by atoms with Crippen LogP contribution in [0.3, 0.4) is 0 Å². The van der Waals surface area contributed by atoms with Gasteiger partial charge in [-0.05, 0) is 12.3 Å². The van der Waals surface area contributed by atoms with Crippen LogP contribution in [-0.4, -0.2) is 46.5 Å². The van der Waals surface area contributed by atoms with Crippen molar-refractivity contribution in [3.63, 3.8) is 0 Å². The van der Waals surface area contributed by atoms with E-state index in [0.29, 0.717) is 32.2 Å². The number of aryl methyl sites for hydroxylation is 1. The second-order valence-electron chi connectivity index (χ2n) is 5.73. The lowest BCUT2D eigenvalue weighted by Crippen LogP contribution is -2.52. The van der Waals surface area contributed by atoms with Gasteiger partial charge in [-0.1, -0.05) is 13.8 Å². The summed E-state index contributed by atoms with van der Waals surface area (Å²) in [6, 6.07) is 0.167. The van der Waals surface area contributed by atoms with Crippen LogP contribution in [0.15, 0.2) is 12.4 Å². The lowest BCUT2D eigenvalue weighted by molar-refractivity contribution is 0.00551. The topological polar surface area (TPSA) is 59.4 Å². The fourth-order valence-electron chi connectivity index (χ4n) is 2.50. The zero-order valence-corrected chi connectivity index (χ0v) is 12.5. The summed E-state index contributed by atoms with van der Waals surface area (Å²) >= 11 is 0. The maximum Gasteiger partial charge on any atom is 0.318 e. The molecule has 6 nitrogen and oxygen atoms in total. The maximum atomic E-state index is 12.3. The average Bonchev–Trinajstić information content (AvgIpc) is 2.82. The maximum absolute atomic E-state index is 12.3. The highest BCUT2D eigenvalue weighted by atomic mass is 16.5. The van der Waals surface area contributed by atoms with E-state index in [2.05, 4.69) is 24.3 Å². The van der Waals surface area contributed by atoms with E-state index < -0.39 is 0 Å². The average molecular weight is 280 g/mol. The quantitative estimate of drug-likeness (QED) is 0.906. The van der Waals surface area contributed by atoms with E-state index in [-0.39, 0.29) is 12.1 Å². The molecule has 2 amide bonds. The van der Waals surface area contributed by atoms with Gasteiger partial charge in [0.25, 0.3) is 0 Å². The molecule has 6 heteroatoms. The molecule has 2 heterocycles. The van der Waals surface area contributed by atoms with E-state index in [0.717, 1.165) is 12.0 Å². The van der Waals surface area contributed by atoms with Crippen molar-refractivity contribution >= 4 is 6.03 Å². The van der Waals surface area contributed by atoms with Gasteiger partial charge in [0.15, 0.2) is 0 Å². The van der Waals surface area contributed by atoms with Crippen LogP contribution in [0, 0.1) is 5.92 Å². The van der Waals surface area contributed by atoms with E-state index in [1.54, 1.807) is 10.9 Å². The summed E-state index contributed by atoms with van der Waals surface area (Å²) in [5, 5.41) is 7.06. The molecule has 1 N–H and O–H groups in total. The van der Waals surface area contributed by atoms with Gasteiger partial charge in [-0.15, -0.1) is 0 Å². The predicted octanol–water partition coefficient (Wildman–Crippen LogP) is 1.38. The van der Waals surface area contributed by atoms with Gasteiger partial charge in [-0.3, -0.25) is 4.68 Å². The van der Waals surface area contributed by atoms with Crippen LogP contribution in [0.4, 0.5) is 4.79 Å². The van der Waals surface area contributed by atoms with Crippen LogP contribution < -0.4 is 5.32 Å². The van der Waals surface area contributed by atoms with Gasteiger partial charge in [-0.25, -0.2) is 4.79 Å². The molecule has 0 spiro atoms. The third kappa shape index (κ3) is 3.96. The summed E-state index contributed by atoms with van der Waals surface area (Å²) in [6.07, 6.45) is 4.65. The Morgan fingerprint density at radius 1 is 1.60 bits per heavy atom. The molecule has 1 fully saturated rings. The van der Waals surface area contributed by atoms with Crippen molar-refractivity contribution in [2.24, 2.45) is 13.0 Å². The number of nitrogens with one attached hydrogen (secondary N) is 1. The SMILES string of the molecule is CC(C)CC1COCCN1C(=O)NCc1cnn(C)c1. The largest absolute Gasteiger partial charge is 0.377 e. The number of urea groups is 1. The van der Waals surface area contributed by atoms with E-state index >= 15 is 0 Å². The van der Waals surface area contributed by atoms with E-state index in [4.69, 9.17) is 4.74 Å². The molecule has 112 valence electrons. The van der Waals surface area contributed by atoms with Crippen molar-refractivity contribution in [3.05, 3.63) is 18.0 Å². The fourth-order valence-corrected chi connectivity index (χ4v) is 2.50. The molecule has 0 saturated carbocycles. The Morgan fingerprint density at radius 2 is 2.40 bits per heavy atom. The molecule has 0 aliphatic carbocycles. The molecule has 1 aliphatic heterocycles. The van der Waals surface area contributed by atoms with Gasteiger partial charge in [0.05, 0.1) is 25.5 Å². The molecule has 1 unspecified atom stereocenters. The van der Waals surface area contributed by atoms with Crippen LogP contribution in [0.1, 0.15) is 25.8 Å². The molecule has 2 rings (SSSR count). The Balaban J connectivity index is 1.88. The normalized spacial score (nSPS) is 19.4. The molecule has 1 aromatic rings. The number of morpholine rings is 1. The third-order valence-corrected chi connectivity index (χ3v) is 3.43. The summed E-state index contributed by atoms with van der Waals surface area (Å²) in [7, 11) is 1.87. The number of nitrogens with zero attached hydrogens (tertiary/aromatic N) is 3. The van der Waals surface area contributed by atoms with Crippen molar-refractivity contribution in [2.75, 3.05) is 19.8 Å². The highest BCUT2D eigenvalue weighted by Crippen LogP contribution is 2.15. The van der Waals surface area contributed by atoms with Crippen LogP contribution in [0.5, 0.6) is 0 Å². The van der Waals surface area contributed by atoms with Crippen molar-refractivity contribution < 1.29 is 9.53 Å². The molecule has 1 atom stereocenters. The number of carbonyl (C=O) groups excluding carboxylic acids is 1. The van der Waals surface area contributed by atoms with Gasteiger partial charge in [0, 0.05) is 31.9 Å². The monoisotopic (exact) mass is 280 g/mol. The molecule has 20 heavy (non-hydrogen) atoms. The molecule has 0 bridgehead atoms. The van der Waals surface area contributed by atoms with Crippen LogP contribution in [0.2, 0.25) is 0 Å². The molecule has 1 saturated heterocycles. The van der Waals surface area contributed by atoms with Gasteiger partial charge >= 0.3 is 6.03 Å². The summed E-state index contributed by atoms with van der Waals surface area (Å²) in [5.41, 5.74) is 1.01. The first-order chi connectivity index (χ1) is 9.56. The number of aromatic nitrogens is 2. The number of amides is 2. The number of carbonyl (C=O) groups is 1. The first-order valence-corrected chi connectivity index (χ1v) is 7.16. The first-order valence-electron chi connectivity index (χ1n) is 7.16. The molecular formula is C14H24N4O2. The second kappa shape index (κ2) is 6.74. The Labute approximate surface area is 120 Å². The smallest absolute Gasteiger partial charge is 0.318 e. The number of hydrogen-bond acceptors (Lipinski definition) is 3. The Morgan fingerprint density at radius 3 is 3.05 bits per heavy atom. The highest BCUT2D eigenvalue weighted by molar-refractivity contribution is 5.74. The molecular weight excluding hydrogens is 256 g/mol. The first kappa shape index (κ1) is 14.8. The van der Waals surface area contributed by atoms with E-state index in [1.165, 1.54) is 0 Å². The summed E-state index contributed by atoms with van der Waals surface area (Å²) in [4.78, 5) is 14.2. The zero-order chi connectivity index (χ0) is 14.5. The van der Waals surface area contributed by atoms with Gasteiger partial charge < -0.3 is 15.0 Å². The molecule has 0 radical (unpaired) electrons. The summed E-state index contributed by atoms with van der Waals surface area (Å²) in [5.74, 6) is 0.551. The Bertz CT molecular complexity index is 444. The minimum Gasteiger partial charge on any atom is -0.377 e. The highest BCUT2D eigenvalue weighted by Gasteiger charge is 2.27. The van der Waals surface area contributed by atoms with Gasteiger partial charge in [0.2, 0.25) is 0 Å². The zero-order valence-electron chi connectivity index (χ0n) is 12.5. The number of rotatable bonds is 4. The van der Waals surface area contributed by atoms with Gasteiger partial charge in [0.1, 0.15) is 0 Å².